The molecule has 2 amide bonds. The Balaban J connectivity index is 1.71. The van der Waals surface area contributed by atoms with Crippen molar-refractivity contribution in [2.75, 3.05) is 45.2 Å². The quantitative estimate of drug-likeness (QED) is 0.609. The molecule has 1 aliphatic rings. The van der Waals surface area contributed by atoms with Gasteiger partial charge in [-0.25, -0.2) is 0 Å². The Bertz CT molecular complexity index is 895. The molecular formula is C23H28BrN3O3. The second-order valence-electron chi connectivity index (χ2n) is 7.44. The first-order valence-corrected chi connectivity index (χ1v) is 11.1. The van der Waals surface area contributed by atoms with E-state index in [-0.39, 0.29) is 11.8 Å². The van der Waals surface area contributed by atoms with Crippen LogP contribution < -0.4 is 10.1 Å². The van der Waals surface area contributed by atoms with Gasteiger partial charge in [-0.1, -0.05) is 25.5 Å². The number of likely N-dealkylation sites (N-methyl/N-ethyl adjacent to an activating group) is 1. The van der Waals surface area contributed by atoms with Crippen LogP contribution >= 0.6 is 15.9 Å². The highest BCUT2D eigenvalue weighted by Gasteiger charge is 2.23. The van der Waals surface area contributed by atoms with Gasteiger partial charge in [-0.15, -0.1) is 0 Å². The van der Waals surface area contributed by atoms with Crippen molar-refractivity contribution in [1.29, 1.82) is 0 Å². The predicted molar refractivity (Wildman–Crippen MR) is 122 cm³/mol. The number of anilines is 1. The SMILES string of the molecule is CCCCOc1ccc(C(=O)Nc2ccccc2C(=O)N2CCN(C)CC2)cc1Br. The number of ether oxygens (including phenoxy) is 1. The number of benzene rings is 2. The summed E-state index contributed by atoms with van der Waals surface area (Å²) in [4.78, 5) is 29.9. The third-order valence-electron chi connectivity index (χ3n) is 5.15. The van der Waals surface area contributed by atoms with Crippen LogP contribution in [0.3, 0.4) is 0 Å². The average molecular weight is 474 g/mol. The van der Waals surface area contributed by atoms with Gasteiger partial charge in [-0.05, 0) is 59.7 Å². The highest BCUT2D eigenvalue weighted by Crippen LogP contribution is 2.27. The number of unbranched alkanes of at least 4 members (excludes halogenated alkanes) is 1. The number of nitrogens with zero attached hydrogens (tertiary/aromatic N) is 2. The van der Waals surface area contributed by atoms with Crippen molar-refractivity contribution in [1.82, 2.24) is 9.80 Å². The molecule has 0 radical (unpaired) electrons. The van der Waals surface area contributed by atoms with Gasteiger partial charge >= 0.3 is 0 Å². The minimum Gasteiger partial charge on any atom is -0.492 e. The summed E-state index contributed by atoms with van der Waals surface area (Å²) in [6.45, 7) is 5.82. The minimum atomic E-state index is -0.269. The molecule has 30 heavy (non-hydrogen) atoms. The normalized spacial score (nSPS) is 14.4. The summed E-state index contributed by atoms with van der Waals surface area (Å²) in [5.41, 5.74) is 1.52. The Kier molecular flexibility index (Phi) is 7.87. The van der Waals surface area contributed by atoms with Crippen LogP contribution in [-0.4, -0.2) is 61.4 Å². The van der Waals surface area contributed by atoms with Crippen molar-refractivity contribution in [3.63, 3.8) is 0 Å². The Morgan fingerprint density at radius 2 is 1.83 bits per heavy atom. The average Bonchev–Trinajstić information content (AvgIpc) is 2.75. The number of hydrogen-bond donors (Lipinski definition) is 1. The molecule has 1 saturated heterocycles. The molecule has 0 bridgehead atoms. The molecule has 0 aliphatic carbocycles. The maximum Gasteiger partial charge on any atom is 0.256 e. The van der Waals surface area contributed by atoms with Crippen LogP contribution in [0.1, 0.15) is 40.5 Å². The number of carbonyl (C=O) groups excluding carboxylic acids is 2. The monoisotopic (exact) mass is 473 g/mol. The third kappa shape index (κ3) is 5.61. The summed E-state index contributed by atoms with van der Waals surface area (Å²) < 4.78 is 6.45. The number of piperazine rings is 1. The number of hydrogen-bond acceptors (Lipinski definition) is 4. The fourth-order valence-corrected chi connectivity index (χ4v) is 3.73. The standard InChI is InChI=1S/C23H28BrN3O3/c1-3-4-15-30-21-10-9-17(16-19(21)24)22(28)25-20-8-6-5-7-18(20)23(29)27-13-11-26(2)12-14-27/h5-10,16H,3-4,11-15H2,1-2H3,(H,25,28). The van der Waals surface area contributed by atoms with Crippen LogP contribution in [0.15, 0.2) is 46.9 Å². The van der Waals surface area contributed by atoms with Crippen molar-refractivity contribution >= 4 is 33.4 Å². The maximum atomic E-state index is 13.0. The maximum absolute atomic E-state index is 13.0. The van der Waals surface area contributed by atoms with E-state index in [0.717, 1.165) is 30.4 Å². The summed E-state index contributed by atoms with van der Waals surface area (Å²) in [6, 6.07) is 12.4. The largest absolute Gasteiger partial charge is 0.492 e. The fraction of sp³-hybridized carbons (Fsp3) is 0.391. The fourth-order valence-electron chi connectivity index (χ4n) is 3.24. The predicted octanol–water partition coefficient (Wildman–Crippen LogP) is 4.27. The zero-order chi connectivity index (χ0) is 21.5. The van der Waals surface area contributed by atoms with Gasteiger partial charge in [-0.3, -0.25) is 9.59 Å². The van der Waals surface area contributed by atoms with Crippen molar-refractivity contribution < 1.29 is 14.3 Å². The number of nitrogens with one attached hydrogen (secondary N) is 1. The number of amides is 2. The lowest BCUT2D eigenvalue weighted by molar-refractivity contribution is 0.0665. The van der Waals surface area contributed by atoms with E-state index in [0.29, 0.717) is 42.3 Å². The van der Waals surface area contributed by atoms with Crippen molar-refractivity contribution in [3.05, 3.63) is 58.1 Å². The number of rotatable bonds is 7. The van der Waals surface area contributed by atoms with Gasteiger partial charge < -0.3 is 19.9 Å². The molecular weight excluding hydrogens is 446 g/mol. The first-order chi connectivity index (χ1) is 14.5. The molecule has 1 fully saturated rings. The summed E-state index contributed by atoms with van der Waals surface area (Å²) in [5, 5.41) is 2.90. The first kappa shape index (κ1) is 22.3. The molecule has 0 spiro atoms. The Morgan fingerprint density at radius 3 is 2.53 bits per heavy atom. The molecule has 2 aromatic carbocycles. The molecule has 0 unspecified atom stereocenters. The van der Waals surface area contributed by atoms with Gasteiger partial charge in [0.15, 0.2) is 0 Å². The van der Waals surface area contributed by atoms with Crippen molar-refractivity contribution in [2.45, 2.75) is 19.8 Å². The van der Waals surface area contributed by atoms with Crippen LogP contribution in [0, 0.1) is 0 Å². The van der Waals surface area contributed by atoms with Crippen molar-refractivity contribution in [3.8, 4) is 5.75 Å². The minimum absolute atomic E-state index is 0.0557. The van der Waals surface area contributed by atoms with Gasteiger partial charge in [0.1, 0.15) is 5.75 Å². The molecule has 160 valence electrons. The van der Waals surface area contributed by atoms with Crippen molar-refractivity contribution in [2.24, 2.45) is 0 Å². The van der Waals surface area contributed by atoms with Gasteiger partial charge in [0.05, 0.1) is 22.3 Å². The van der Waals surface area contributed by atoms with E-state index >= 15 is 0 Å². The topological polar surface area (TPSA) is 61.9 Å². The van der Waals surface area contributed by atoms with Gasteiger partial charge in [0.25, 0.3) is 11.8 Å². The molecule has 6 nitrogen and oxygen atoms in total. The van der Waals surface area contributed by atoms with Crippen LogP contribution in [0.4, 0.5) is 5.69 Å². The van der Waals surface area contributed by atoms with Gasteiger partial charge in [0, 0.05) is 31.7 Å². The van der Waals surface area contributed by atoms with E-state index in [2.05, 4.69) is 33.1 Å². The lowest BCUT2D eigenvalue weighted by Crippen LogP contribution is -2.47. The molecule has 1 aliphatic heterocycles. The van der Waals surface area contributed by atoms with E-state index in [1.807, 2.05) is 24.1 Å². The van der Waals surface area contributed by atoms with Crippen LogP contribution in [0.25, 0.3) is 0 Å². The summed E-state index contributed by atoms with van der Waals surface area (Å²) in [5.74, 6) is 0.389. The molecule has 1 heterocycles. The Morgan fingerprint density at radius 1 is 1.10 bits per heavy atom. The van der Waals surface area contributed by atoms with E-state index < -0.39 is 0 Å². The second-order valence-corrected chi connectivity index (χ2v) is 8.30. The number of para-hydroxylation sites is 1. The summed E-state index contributed by atoms with van der Waals surface area (Å²) in [7, 11) is 2.05. The third-order valence-corrected chi connectivity index (χ3v) is 5.77. The summed E-state index contributed by atoms with van der Waals surface area (Å²) in [6.07, 6.45) is 2.04. The molecule has 2 aromatic rings. The lowest BCUT2D eigenvalue weighted by atomic mass is 10.1. The van der Waals surface area contributed by atoms with Gasteiger partial charge in [0.2, 0.25) is 0 Å². The van der Waals surface area contributed by atoms with E-state index in [4.69, 9.17) is 4.74 Å². The van der Waals surface area contributed by atoms with Crippen LogP contribution in [0.5, 0.6) is 5.75 Å². The van der Waals surface area contributed by atoms with E-state index in [1.165, 1.54) is 0 Å². The molecule has 1 N–H and O–H groups in total. The summed E-state index contributed by atoms with van der Waals surface area (Å²) >= 11 is 3.48. The highest BCUT2D eigenvalue weighted by atomic mass is 79.9. The molecule has 0 aromatic heterocycles. The smallest absolute Gasteiger partial charge is 0.256 e. The van der Waals surface area contributed by atoms with Gasteiger partial charge in [-0.2, -0.15) is 0 Å². The van der Waals surface area contributed by atoms with Crippen LogP contribution in [-0.2, 0) is 0 Å². The Hall–Kier alpha value is -2.38. The zero-order valence-corrected chi connectivity index (χ0v) is 19.1. The highest BCUT2D eigenvalue weighted by molar-refractivity contribution is 9.10. The molecule has 0 atom stereocenters. The number of carbonyl (C=O) groups is 2. The molecule has 7 heteroatoms. The zero-order valence-electron chi connectivity index (χ0n) is 17.5. The van der Waals surface area contributed by atoms with E-state index in [9.17, 15) is 9.59 Å². The van der Waals surface area contributed by atoms with Crippen LogP contribution in [0.2, 0.25) is 0 Å². The first-order valence-electron chi connectivity index (χ1n) is 10.3. The second kappa shape index (κ2) is 10.6. The molecule has 3 rings (SSSR count). The number of halogens is 1. The Labute approximate surface area is 186 Å². The lowest BCUT2D eigenvalue weighted by Gasteiger charge is -2.32. The molecule has 0 saturated carbocycles. The van der Waals surface area contributed by atoms with E-state index in [1.54, 1.807) is 30.3 Å².